The summed E-state index contributed by atoms with van der Waals surface area (Å²) in [6.45, 7) is 22.7. The summed E-state index contributed by atoms with van der Waals surface area (Å²) >= 11 is 0. The number of aliphatic hydroxyl groups is 2. The minimum absolute atomic E-state index is 0.126. The van der Waals surface area contributed by atoms with Crippen LogP contribution in [0.1, 0.15) is 51.9 Å². The second kappa shape index (κ2) is 25.6. The molecule has 0 heterocycles. The minimum Gasteiger partial charge on any atom is -0.460 e. The van der Waals surface area contributed by atoms with E-state index in [1.165, 1.54) is 0 Å². The summed E-state index contributed by atoms with van der Waals surface area (Å²) in [7, 11) is -5.07. The lowest BCUT2D eigenvalue weighted by molar-refractivity contribution is -0.140. The highest BCUT2D eigenvalue weighted by Crippen LogP contribution is 2.25. The molecular weight excluding hydrogens is 687 g/mol. The van der Waals surface area contributed by atoms with Crippen molar-refractivity contribution in [2.75, 3.05) is 72.8 Å². The molecule has 0 aromatic rings. The molecule has 0 aromatic carbocycles. The van der Waals surface area contributed by atoms with Gasteiger partial charge in [-0.1, -0.05) is 32.3 Å². The van der Waals surface area contributed by atoms with Gasteiger partial charge in [-0.25, -0.2) is 4.79 Å². The first-order valence-electron chi connectivity index (χ1n) is 17.5. The van der Waals surface area contributed by atoms with Gasteiger partial charge in [-0.2, -0.15) is 0 Å². The number of ether oxygens (including phenoxy) is 4. The maximum absolute atomic E-state index is 11.3. The van der Waals surface area contributed by atoms with Crippen LogP contribution in [0.15, 0.2) is 12.2 Å². The molecule has 0 radical (unpaired) electrons. The molecule has 0 amide bonds. The van der Waals surface area contributed by atoms with Gasteiger partial charge in [0.15, 0.2) is 8.32 Å². The Morgan fingerprint density at radius 1 is 0.729 bits per heavy atom. The van der Waals surface area contributed by atoms with Crippen LogP contribution >= 0.6 is 0 Å². The Bertz CT molecular complexity index is 864. The van der Waals surface area contributed by atoms with Crippen LogP contribution in [0.3, 0.4) is 0 Å². The lowest BCUT2D eigenvalue weighted by Crippen LogP contribution is -2.54. The second-order valence-electron chi connectivity index (χ2n) is 14.4. The number of unbranched alkanes of at least 4 members (excludes halogenated alkanes) is 4. The van der Waals surface area contributed by atoms with E-state index in [-0.39, 0.29) is 26.4 Å². The number of esters is 1. The van der Waals surface area contributed by atoms with Crippen LogP contribution in [0.2, 0.25) is 51.9 Å². The maximum atomic E-state index is 11.3. The van der Waals surface area contributed by atoms with E-state index in [9.17, 15) is 15.0 Å². The molecule has 0 aromatic heterocycles. The van der Waals surface area contributed by atoms with Crippen molar-refractivity contribution in [2.24, 2.45) is 0 Å². The Balaban J connectivity index is 4.07. The molecular formula is C32H71NO11Si4. The fourth-order valence-electron chi connectivity index (χ4n) is 5.04. The first-order valence-corrected chi connectivity index (χ1v) is 29.1. The molecule has 0 fully saturated rings. The van der Waals surface area contributed by atoms with Crippen molar-refractivity contribution in [3.05, 3.63) is 12.2 Å². The van der Waals surface area contributed by atoms with Gasteiger partial charge in [0.1, 0.15) is 12.7 Å². The zero-order valence-electron chi connectivity index (χ0n) is 32.0. The van der Waals surface area contributed by atoms with Gasteiger partial charge in [-0.3, -0.25) is 0 Å². The largest absolute Gasteiger partial charge is 0.460 e. The van der Waals surface area contributed by atoms with Gasteiger partial charge in [-0.05, 0) is 84.6 Å². The Hall–Kier alpha value is -0.322. The number of carbonyl (C=O) groups is 1. The van der Waals surface area contributed by atoms with Crippen LogP contribution < -0.4 is 5.32 Å². The van der Waals surface area contributed by atoms with Gasteiger partial charge < -0.3 is 51.6 Å². The Morgan fingerprint density at radius 3 is 1.94 bits per heavy atom. The molecule has 0 aliphatic carbocycles. The average Bonchev–Trinajstić information content (AvgIpc) is 2.98. The number of carbonyl (C=O) groups excluding carboxylic acids is 1. The molecule has 0 saturated carbocycles. The van der Waals surface area contributed by atoms with E-state index < -0.39 is 51.9 Å². The predicted octanol–water partition coefficient (Wildman–Crippen LogP) is 4.79. The highest BCUT2D eigenvalue weighted by Gasteiger charge is 2.39. The standard InChI is InChI=1S/C32H71NO11Si4/c1-29(2)32(36)42-22-21-40-26-31(35)25-39-20-16-13-17-23-45(5,6)43-47(9,10)44-46(7,8)28-41-24-30(34)18-14-12-15-19-33-27-48(11,37-3)38-4/h30-31,33-35H,1,12-28H2,2-11H3. The summed E-state index contributed by atoms with van der Waals surface area (Å²) in [6, 6.07) is 1.04. The van der Waals surface area contributed by atoms with Crippen LogP contribution in [0.5, 0.6) is 0 Å². The summed E-state index contributed by atoms with van der Waals surface area (Å²) in [4.78, 5) is 11.3. The summed E-state index contributed by atoms with van der Waals surface area (Å²) in [5.74, 6) is -0.447. The topological polar surface area (TPSA) is 143 Å². The normalized spacial score (nSPS) is 14.2. The predicted molar refractivity (Wildman–Crippen MR) is 200 cm³/mol. The van der Waals surface area contributed by atoms with E-state index in [0.29, 0.717) is 25.0 Å². The van der Waals surface area contributed by atoms with Crippen LogP contribution in [0.4, 0.5) is 0 Å². The fraction of sp³-hybridized carbons (Fsp3) is 0.906. The first kappa shape index (κ1) is 47.7. The van der Waals surface area contributed by atoms with Crippen molar-refractivity contribution in [1.29, 1.82) is 0 Å². The quantitative estimate of drug-likeness (QED) is 0.0376. The van der Waals surface area contributed by atoms with Gasteiger partial charge in [0.05, 0.1) is 38.8 Å². The molecule has 12 nitrogen and oxygen atoms in total. The van der Waals surface area contributed by atoms with Crippen molar-refractivity contribution < 1.29 is 51.0 Å². The smallest absolute Gasteiger partial charge is 0.348 e. The van der Waals surface area contributed by atoms with Crippen LogP contribution in [0.25, 0.3) is 0 Å². The Kier molecular flexibility index (Phi) is 25.4. The highest BCUT2D eigenvalue weighted by molar-refractivity contribution is 6.87. The maximum Gasteiger partial charge on any atom is 0.348 e. The summed E-state index contributed by atoms with van der Waals surface area (Å²) in [5.41, 5.74) is 0.344. The van der Waals surface area contributed by atoms with Gasteiger partial charge >= 0.3 is 23.1 Å². The van der Waals surface area contributed by atoms with Crippen LogP contribution in [0, 0.1) is 0 Å². The van der Waals surface area contributed by atoms with E-state index in [1.54, 1.807) is 21.1 Å². The highest BCUT2D eigenvalue weighted by atomic mass is 28.5. The minimum atomic E-state index is -2.36. The van der Waals surface area contributed by atoms with Gasteiger partial charge in [-0.15, -0.1) is 0 Å². The molecule has 0 aliphatic heterocycles. The first-order chi connectivity index (χ1) is 22.4. The van der Waals surface area contributed by atoms with E-state index in [4.69, 9.17) is 36.0 Å². The lowest BCUT2D eigenvalue weighted by atomic mass is 10.1. The Labute approximate surface area is 296 Å². The molecule has 0 aliphatic rings. The van der Waals surface area contributed by atoms with Crippen LogP contribution in [-0.2, 0) is 40.8 Å². The molecule has 16 heteroatoms. The number of hydrogen-bond acceptors (Lipinski definition) is 12. The molecule has 0 bridgehead atoms. The van der Waals surface area contributed by atoms with E-state index in [1.807, 2.05) is 6.55 Å². The van der Waals surface area contributed by atoms with E-state index in [2.05, 4.69) is 51.2 Å². The molecule has 2 atom stereocenters. The number of aliphatic hydroxyl groups excluding tert-OH is 2. The second-order valence-corrected chi connectivity index (χ2v) is 30.1. The van der Waals surface area contributed by atoms with Crippen LogP contribution in [-0.4, -0.2) is 135 Å². The zero-order valence-corrected chi connectivity index (χ0v) is 36.0. The average molecular weight is 758 g/mol. The van der Waals surface area contributed by atoms with E-state index >= 15 is 0 Å². The lowest BCUT2D eigenvalue weighted by Gasteiger charge is -2.38. The molecule has 0 rings (SSSR count). The third-order valence-electron chi connectivity index (χ3n) is 7.50. The van der Waals surface area contributed by atoms with Crippen molar-refractivity contribution in [2.45, 2.75) is 116 Å². The fourth-order valence-corrected chi connectivity index (χ4v) is 19.7. The molecule has 3 N–H and O–H groups in total. The number of hydrogen-bond donors (Lipinski definition) is 3. The third-order valence-corrected chi connectivity index (χ3v) is 20.9. The van der Waals surface area contributed by atoms with Crippen molar-refractivity contribution in [3.8, 4) is 0 Å². The molecule has 0 saturated heterocycles. The molecule has 48 heavy (non-hydrogen) atoms. The molecule has 286 valence electrons. The monoisotopic (exact) mass is 757 g/mol. The molecule has 2 unspecified atom stereocenters. The van der Waals surface area contributed by atoms with E-state index in [0.717, 1.165) is 63.7 Å². The summed E-state index contributed by atoms with van der Waals surface area (Å²) < 4.78 is 46.1. The van der Waals surface area contributed by atoms with Gasteiger partial charge in [0.25, 0.3) is 0 Å². The van der Waals surface area contributed by atoms with Gasteiger partial charge in [0.2, 0.25) is 8.32 Å². The number of nitrogens with one attached hydrogen (secondary N) is 1. The third kappa shape index (κ3) is 26.5. The summed E-state index contributed by atoms with van der Waals surface area (Å²) in [5, 5.41) is 23.8. The van der Waals surface area contributed by atoms with Gasteiger partial charge in [0, 0.05) is 32.6 Å². The van der Waals surface area contributed by atoms with Crippen molar-refractivity contribution >= 4 is 39.7 Å². The summed E-state index contributed by atoms with van der Waals surface area (Å²) in [6.07, 6.45) is 6.91. The van der Waals surface area contributed by atoms with Crippen molar-refractivity contribution in [1.82, 2.24) is 5.32 Å². The number of rotatable bonds is 32. The Morgan fingerprint density at radius 2 is 1.31 bits per heavy atom. The molecule has 0 spiro atoms. The SMILES string of the molecule is C=C(C)C(=O)OCCOCC(O)COCCCCC[Si](C)(C)O[Si](C)(C)O[Si](C)(C)COCC(O)CCCCCNC[Si](C)(OC)OC. The zero-order chi connectivity index (χ0) is 36.7. The van der Waals surface area contributed by atoms with Crippen molar-refractivity contribution in [3.63, 3.8) is 0 Å².